The molecule has 160 valence electrons. The summed E-state index contributed by atoms with van der Waals surface area (Å²) < 4.78 is 5.30. The van der Waals surface area contributed by atoms with E-state index in [1.165, 1.54) is 12.8 Å². The van der Waals surface area contributed by atoms with E-state index in [-0.39, 0.29) is 11.8 Å². The Morgan fingerprint density at radius 1 is 0.933 bits per heavy atom. The minimum atomic E-state index is 0.0662. The van der Waals surface area contributed by atoms with Gasteiger partial charge in [-0.05, 0) is 25.7 Å². The lowest BCUT2D eigenvalue weighted by Gasteiger charge is -2.34. The summed E-state index contributed by atoms with van der Waals surface area (Å²) >= 11 is 0. The minimum absolute atomic E-state index is 0.0662. The highest BCUT2D eigenvalue weighted by Gasteiger charge is 2.30. The van der Waals surface area contributed by atoms with Crippen LogP contribution in [0.25, 0.3) is 11.4 Å². The second-order valence-electron chi connectivity index (χ2n) is 8.27. The van der Waals surface area contributed by atoms with Crippen molar-refractivity contribution in [2.24, 2.45) is 5.92 Å². The molecule has 2 aliphatic heterocycles. The maximum Gasteiger partial charge on any atom is 0.227 e. The Morgan fingerprint density at radius 2 is 1.63 bits per heavy atom. The molecular formula is C23H30N4O3. The van der Waals surface area contributed by atoms with Crippen LogP contribution in [0.5, 0.6) is 0 Å². The first-order valence-electron chi connectivity index (χ1n) is 11.2. The third-order valence-electron chi connectivity index (χ3n) is 6.17. The molecule has 2 saturated heterocycles. The van der Waals surface area contributed by atoms with Gasteiger partial charge in [0.1, 0.15) is 0 Å². The number of carbonyl (C=O) groups is 2. The predicted octanol–water partition coefficient (Wildman–Crippen LogP) is 3.31. The summed E-state index contributed by atoms with van der Waals surface area (Å²) in [5.41, 5.74) is 0.898. The predicted molar refractivity (Wildman–Crippen MR) is 112 cm³/mol. The summed E-state index contributed by atoms with van der Waals surface area (Å²) in [5, 5.41) is 4.00. The van der Waals surface area contributed by atoms with Crippen LogP contribution < -0.4 is 0 Å². The smallest absolute Gasteiger partial charge is 0.227 e. The van der Waals surface area contributed by atoms with E-state index in [0.29, 0.717) is 43.6 Å². The van der Waals surface area contributed by atoms with E-state index in [1.807, 2.05) is 35.2 Å². The summed E-state index contributed by atoms with van der Waals surface area (Å²) in [6, 6.07) is 9.65. The summed E-state index contributed by atoms with van der Waals surface area (Å²) in [5.74, 6) is 1.48. The standard InChI is InChI=1S/C23H30N4O3/c28-21(11-10-20-24-22(25-30-20)18-8-4-3-5-9-18)26-16-12-19(13-17-26)23(29)27-14-6-1-2-7-15-27/h3-5,8-9,19H,1-2,6-7,10-17H2. The third-order valence-corrected chi connectivity index (χ3v) is 6.17. The molecule has 0 saturated carbocycles. The number of likely N-dealkylation sites (tertiary alicyclic amines) is 2. The molecule has 0 aliphatic carbocycles. The molecule has 0 unspecified atom stereocenters. The molecule has 2 fully saturated rings. The van der Waals surface area contributed by atoms with E-state index in [2.05, 4.69) is 15.0 Å². The first-order chi connectivity index (χ1) is 14.7. The largest absolute Gasteiger partial charge is 0.343 e. The maximum atomic E-state index is 12.8. The van der Waals surface area contributed by atoms with E-state index in [9.17, 15) is 9.59 Å². The summed E-state index contributed by atoms with van der Waals surface area (Å²) in [7, 11) is 0. The van der Waals surface area contributed by atoms with Gasteiger partial charge in [-0.15, -0.1) is 0 Å². The van der Waals surface area contributed by atoms with Gasteiger partial charge in [0.15, 0.2) is 0 Å². The average molecular weight is 411 g/mol. The topological polar surface area (TPSA) is 79.5 Å². The highest BCUT2D eigenvalue weighted by atomic mass is 16.5. The van der Waals surface area contributed by atoms with Crippen molar-refractivity contribution >= 4 is 11.8 Å². The number of amides is 2. The normalized spacial score (nSPS) is 18.3. The molecule has 3 heterocycles. The lowest BCUT2D eigenvalue weighted by molar-refractivity contribution is -0.140. The number of hydrogen-bond donors (Lipinski definition) is 0. The fourth-order valence-electron chi connectivity index (χ4n) is 4.36. The van der Waals surface area contributed by atoms with Gasteiger partial charge in [0.2, 0.25) is 23.5 Å². The van der Waals surface area contributed by atoms with Crippen molar-refractivity contribution in [2.75, 3.05) is 26.2 Å². The molecular weight excluding hydrogens is 380 g/mol. The number of benzene rings is 1. The van der Waals surface area contributed by atoms with Gasteiger partial charge in [-0.2, -0.15) is 4.98 Å². The molecule has 2 aromatic rings. The molecule has 0 bridgehead atoms. The Balaban J connectivity index is 1.23. The Labute approximate surface area is 177 Å². The fraction of sp³-hybridized carbons (Fsp3) is 0.565. The van der Waals surface area contributed by atoms with Gasteiger partial charge in [0.05, 0.1) is 0 Å². The van der Waals surface area contributed by atoms with Gasteiger partial charge in [-0.1, -0.05) is 48.3 Å². The number of nitrogens with zero attached hydrogens (tertiary/aromatic N) is 4. The third kappa shape index (κ3) is 5.07. The van der Waals surface area contributed by atoms with Crippen LogP contribution in [0.4, 0.5) is 0 Å². The molecule has 30 heavy (non-hydrogen) atoms. The molecule has 2 amide bonds. The van der Waals surface area contributed by atoms with E-state index >= 15 is 0 Å². The quantitative estimate of drug-likeness (QED) is 0.756. The van der Waals surface area contributed by atoms with Crippen molar-refractivity contribution < 1.29 is 14.1 Å². The Kier molecular flexibility index (Phi) is 6.77. The van der Waals surface area contributed by atoms with E-state index in [1.54, 1.807) is 0 Å². The summed E-state index contributed by atoms with van der Waals surface area (Å²) in [4.78, 5) is 33.7. The first-order valence-corrected chi connectivity index (χ1v) is 11.2. The second kappa shape index (κ2) is 9.87. The zero-order chi connectivity index (χ0) is 20.8. The number of rotatable bonds is 5. The van der Waals surface area contributed by atoms with Crippen molar-refractivity contribution in [1.82, 2.24) is 19.9 Å². The number of aromatic nitrogens is 2. The number of piperidine rings is 1. The number of carbonyl (C=O) groups excluding carboxylic acids is 2. The highest BCUT2D eigenvalue weighted by Crippen LogP contribution is 2.23. The zero-order valence-corrected chi connectivity index (χ0v) is 17.5. The lowest BCUT2D eigenvalue weighted by atomic mass is 9.95. The van der Waals surface area contributed by atoms with Gasteiger partial charge < -0.3 is 14.3 Å². The molecule has 1 aromatic carbocycles. The van der Waals surface area contributed by atoms with E-state index in [0.717, 1.165) is 44.3 Å². The molecule has 1 aromatic heterocycles. The first kappa shape index (κ1) is 20.6. The minimum Gasteiger partial charge on any atom is -0.343 e. The van der Waals surface area contributed by atoms with Crippen LogP contribution in [0, 0.1) is 5.92 Å². The van der Waals surface area contributed by atoms with Gasteiger partial charge in [0, 0.05) is 50.5 Å². The molecule has 2 aliphatic rings. The van der Waals surface area contributed by atoms with Crippen molar-refractivity contribution in [3.63, 3.8) is 0 Å². The molecule has 0 N–H and O–H groups in total. The van der Waals surface area contributed by atoms with Crippen LogP contribution in [-0.2, 0) is 16.0 Å². The fourth-order valence-corrected chi connectivity index (χ4v) is 4.36. The van der Waals surface area contributed by atoms with Crippen LogP contribution in [0.3, 0.4) is 0 Å². The molecule has 4 rings (SSSR count). The molecule has 0 radical (unpaired) electrons. The molecule has 7 heteroatoms. The van der Waals surface area contributed by atoms with Gasteiger partial charge in [-0.3, -0.25) is 9.59 Å². The van der Waals surface area contributed by atoms with Gasteiger partial charge in [-0.25, -0.2) is 0 Å². The lowest BCUT2D eigenvalue weighted by Crippen LogP contribution is -2.44. The number of hydrogen-bond acceptors (Lipinski definition) is 5. The second-order valence-corrected chi connectivity index (χ2v) is 8.27. The van der Waals surface area contributed by atoms with Crippen molar-refractivity contribution in [3.05, 3.63) is 36.2 Å². The van der Waals surface area contributed by atoms with Crippen LogP contribution in [0.15, 0.2) is 34.9 Å². The van der Waals surface area contributed by atoms with Gasteiger partial charge in [0.25, 0.3) is 0 Å². The monoisotopic (exact) mass is 410 g/mol. The molecule has 0 spiro atoms. The zero-order valence-electron chi connectivity index (χ0n) is 17.5. The molecule has 7 nitrogen and oxygen atoms in total. The van der Waals surface area contributed by atoms with Crippen LogP contribution >= 0.6 is 0 Å². The Morgan fingerprint density at radius 3 is 2.33 bits per heavy atom. The number of aryl methyl sites for hydroxylation is 1. The van der Waals surface area contributed by atoms with Crippen LogP contribution in [-0.4, -0.2) is 57.9 Å². The Bertz CT molecular complexity index is 835. The van der Waals surface area contributed by atoms with Crippen LogP contribution in [0.1, 0.15) is 50.8 Å². The van der Waals surface area contributed by atoms with Crippen LogP contribution in [0.2, 0.25) is 0 Å². The Hall–Kier alpha value is -2.70. The van der Waals surface area contributed by atoms with Crippen molar-refractivity contribution in [2.45, 2.75) is 51.4 Å². The SMILES string of the molecule is O=C(CCc1nc(-c2ccccc2)no1)N1CCC(C(=O)N2CCCCCC2)CC1. The maximum absolute atomic E-state index is 12.8. The average Bonchev–Trinajstić information content (AvgIpc) is 3.11. The van der Waals surface area contributed by atoms with E-state index < -0.39 is 0 Å². The van der Waals surface area contributed by atoms with E-state index in [4.69, 9.17) is 4.52 Å². The van der Waals surface area contributed by atoms with Crippen molar-refractivity contribution in [1.29, 1.82) is 0 Å². The highest BCUT2D eigenvalue weighted by molar-refractivity contribution is 5.80. The summed E-state index contributed by atoms with van der Waals surface area (Å²) in [6.45, 7) is 3.10. The summed E-state index contributed by atoms with van der Waals surface area (Å²) in [6.07, 6.45) is 6.99. The van der Waals surface area contributed by atoms with Gasteiger partial charge >= 0.3 is 0 Å². The van der Waals surface area contributed by atoms with Crippen molar-refractivity contribution in [3.8, 4) is 11.4 Å². The molecule has 0 atom stereocenters.